The van der Waals surface area contributed by atoms with Crippen LogP contribution in [0.25, 0.3) is 0 Å². The molecule has 0 radical (unpaired) electrons. The summed E-state index contributed by atoms with van der Waals surface area (Å²) in [6.45, 7) is 1.78. The Balaban J connectivity index is 1.43. The second-order valence-corrected chi connectivity index (χ2v) is 12.6. The summed E-state index contributed by atoms with van der Waals surface area (Å²) < 4.78 is 13.6. The van der Waals surface area contributed by atoms with Gasteiger partial charge in [0.15, 0.2) is 5.78 Å². The van der Waals surface area contributed by atoms with E-state index in [1.54, 1.807) is 12.1 Å². The zero-order valence-electron chi connectivity index (χ0n) is 25.8. The summed E-state index contributed by atoms with van der Waals surface area (Å²) in [7, 11) is -3.53. The Bertz CT molecular complexity index is 1450. The minimum atomic E-state index is -3.53. The van der Waals surface area contributed by atoms with Crippen molar-refractivity contribution in [3.05, 3.63) is 59.7 Å². The maximum Gasteiger partial charge on any atom is 0.279 e. The average Bonchev–Trinajstić information content (AvgIpc) is 3.55. The molecule has 7 N–H and O–H groups in total. The van der Waals surface area contributed by atoms with Crippen LogP contribution in [0.4, 0.5) is 0 Å². The minimum Gasteiger partial charge on any atom is -0.370 e. The molecule has 254 valence electrons. The highest BCUT2D eigenvalue weighted by atomic mass is 31.2. The molecule has 1 aromatic rings. The number of hydrogen-bond donors (Lipinski definition) is 7. The second-order valence-electron chi connectivity index (χ2n) is 10.4. The van der Waals surface area contributed by atoms with Crippen LogP contribution in [-0.2, 0) is 28.5 Å². The zero-order chi connectivity index (χ0) is 34.4. The summed E-state index contributed by atoms with van der Waals surface area (Å²) in [4.78, 5) is 85.3. The number of benzene rings is 1. The smallest absolute Gasteiger partial charge is 0.279 e. The van der Waals surface area contributed by atoms with E-state index in [0.29, 0.717) is 11.1 Å². The van der Waals surface area contributed by atoms with Gasteiger partial charge in [0.1, 0.15) is 6.23 Å². The van der Waals surface area contributed by atoms with E-state index in [2.05, 4.69) is 31.2 Å². The number of hydrogen-bond acceptors (Lipinski definition) is 9. The molecule has 47 heavy (non-hydrogen) atoms. The van der Waals surface area contributed by atoms with E-state index in [1.807, 2.05) is 0 Å². The molecule has 0 saturated heterocycles. The largest absolute Gasteiger partial charge is 0.370 e. The van der Waals surface area contributed by atoms with Gasteiger partial charge in [-0.2, -0.15) is 0 Å². The van der Waals surface area contributed by atoms with Gasteiger partial charge < -0.3 is 26.0 Å². The Morgan fingerprint density at radius 1 is 0.702 bits per heavy atom. The Labute approximate surface area is 271 Å². The number of ketones is 1. The number of imide groups is 1. The van der Waals surface area contributed by atoms with Gasteiger partial charge in [-0.3, -0.25) is 43.0 Å². The van der Waals surface area contributed by atoms with E-state index in [9.17, 15) is 43.2 Å². The number of nitrogens with one attached hydrogen (secondary N) is 6. The standard InChI is InChI=1S/C29H39N8O9P/c1-20(38)21-2-4-22(5-3-21)29(45)32-14-17-35-47(46,33-15-12-30-23(39)10-18-36-25(41)6-7-26(36)42)34-16-13-31-24(40)11-19-37-27(43)8-9-28(37)44/h2-9,25,41H,10-19H2,1H3,(H,30,39)(H,31,40)(H,32,45)(H3,33,34,35,46). The first kappa shape index (κ1) is 36.9. The van der Waals surface area contributed by atoms with Crippen molar-refractivity contribution in [3.8, 4) is 0 Å². The maximum absolute atomic E-state index is 13.6. The van der Waals surface area contributed by atoms with Crippen LogP contribution in [0, 0.1) is 0 Å². The number of nitrogens with zero attached hydrogens (tertiary/aromatic N) is 2. The van der Waals surface area contributed by atoms with Crippen LogP contribution in [0.2, 0.25) is 0 Å². The Hall–Kier alpha value is -4.54. The van der Waals surface area contributed by atoms with Gasteiger partial charge in [0.2, 0.25) is 17.7 Å². The molecule has 17 nitrogen and oxygen atoms in total. The monoisotopic (exact) mass is 674 g/mol. The van der Waals surface area contributed by atoms with Crippen LogP contribution in [0.1, 0.15) is 40.5 Å². The SMILES string of the molecule is CC(=O)c1ccc(C(=O)NCCNP(=O)(NCCNC(=O)CCN2C(=O)C=CC2=O)NCCNC(=O)CCN2C(=O)C=CC2O)cc1. The molecule has 0 bridgehead atoms. The Morgan fingerprint density at radius 2 is 1.19 bits per heavy atom. The van der Waals surface area contributed by atoms with Gasteiger partial charge >= 0.3 is 0 Å². The van der Waals surface area contributed by atoms with Gasteiger partial charge in [0.25, 0.3) is 25.3 Å². The van der Waals surface area contributed by atoms with Crippen molar-refractivity contribution in [2.24, 2.45) is 0 Å². The lowest BCUT2D eigenvalue weighted by molar-refractivity contribution is -0.137. The molecule has 0 spiro atoms. The van der Waals surface area contributed by atoms with Gasteiger partial charge in [-0.15, -0.1) is 0 Å². The van der Waals surface area contributed by atoms with Crippen molar-refractivity contribution >= 4 is 48.8 Å². The minimum absolute atomic E-state index is 0.0215. The molecule has 0 fully saturated rings. The topological polar surface area (TPSA) is 235 Å². The van der Waals surface area contributed by atoms with Crippen LogP contribution >= 0.6 is 7.59 Å². The maximum atomic E-state index is 13.6. The molecule has 2 aliphatic rings. The predicted molar refractivity (Wildman–Crippen MR) is 168 cm³/mol. The lowest BCUT2D eigenvalue weighted by Crippen LogP contribution is -2.42. The first-order valence-corrected chi connectivity index (χ1v) is 16.6. The molecule has 2 unspecified atom stereocenters. The summed E-state index contributed by atoms with van der Waals surface area (Å²) in [6.07, 6.45) is 3.58. The van der Waals surface area contributed by atoms with Gasteiger partial charge in [-0.1, -0.05) is 12.1 Å². The first-order valence-electron chi connectivity index (χ1n) is 14.9. The van der Waals surface area contributed by atoms with E-state index in [-0.39, 0.29) is 76.9 Å². The summed E-state index contributed by atoms with van der Waals surface area (Å²) >= 11 is 0. The van der Waals surface area contributed by atoms with Crippen molar-refractivity contribution in [3.63, 3.8) is 0 Å². The number of rotatable bonds is 20. The molecule has 3 rings (SSSR count). The van der Waals surface area contributed by atoms with Crippen molar-refractivity contribution in [2.75, 3.05) is 52.4 Å². The normalized spacial score (nSPS) is 16.8. The van der Waals surface area contributed by atoms with Crippen molar-refractivity contribution in [1.82, 2.24) is 41.0 Å². The van der Waals surface area contributed by atoms with Gasteiger partial charge in [-0.05, 0) is 25.1 Å². The van der Waals surface area contributed by atoms with Gasteiger partial charge in [0.05, 0.1) is 0 Å². The molecule has 2 heterocycles. The molecule has 6 amide bonds. The van der Waals surface area contributed by atoms with E-state index < -0.39 is 43.4 Å². The lowest BCUT2D eigenvalue weighted by atomic mass is 10.1. The van der Waals surface area contributed by atoms with Crippen LogP contribution in [-0.4, -0.2) is 115 Å². The molecular weight excluding hydrogens is 635 g/mol. The number of aliphatic hydroxyl groups is 1. The zero-order valence-corrected chi connectivity index (χ0v) is 26.7. The Morgan fingerprint density at radius 3 is 1.68 bits per heavy atom. The highest BCUT2D eigenvalue weighted by Crippen LogP contribution is 2.28. The highest BCUT2D eigenvalue weighted by molar-refractivity contribution is 7.57. The summed E-state index contributed by atoms with van der Waals surface area (Å²) in [5.74, 6) is -2.69. The van der Waals surface area contributed by atoms with Crippen LogP contribution in [0.15, 0.2) is 48.6 Å². The van der Waals surface area contributed by atoms with E-state index in [0.717, 1.165) is 22.0 Å². The third-order valence-electron chi connectivity index (χ3n) is 6.92. The quantitative estimate of drug-likeness (QED) is 0.0350. The third-order valence-corrected chi connectivity index (χ3v) is 8.92. The van der Waals surface area contributed by atoms with Crippen LogP contribution in [0.3, 0.4) is 0 Å². The number of amides is 6. The van der Waals surface area contributed by atoms with Gasteiger partial charge in [0, 0.05) is 94.6 Å². The average molecular weight is 675 g/mol. The number of carbonyl (C=O) groups excluding carboxylic acids is 7. The van der Waals surface area contributed by atoms with E-state index >= 15 is 0 Å². The molecular formula is C29H39N8O9P. The molecule has 2 aliphatic heterocycles. The number of Topliss-reactive ketones (excluding diaryl/α,β-unsaturated/α-hetero) is 1. The third kappa shape index (κ3) is 12.0. The molecule has 18 heteroatoms. The van der Waals surface area contributed by atoms with Crippen molar-refractivity contribution in [1.29, 1.82) is 0 Å². The fourth-order valence-corrected chi connectivity index (χ4v) is 5.97. The van der Waals surface area contributed by atoms with Crippen molar-refractivity contribution in [2.45, 2.75) is 26.0 Å². The molecule has 1 aromatic carbocycles. The fourth-order valence-electron chi connectivity index (χ4n) is 4.35. The van der Waals surface area contributed by atoms with E-state index in [1.165, 1.54) is 31.2 Å². The summed E-state index contributed by atoms with van der Waals surface area (Å²) in [6, 6.07) is 6.14. The highest BCUT2D eigenvalue weighted by Gasteiger charge is 2.25. The van der Waals surface area contributed by atoms with E-state index in [4.69, 9.17) is 0 Å². The van der Waals surface area contributed by atoms with Crippen LogP contribution in [0.5, 0.6) is 0 Å². The number of aliphatic hydroxyl groups excluding tert-OH is 1. The summed E-state index contributed by atoms with van der Waals surface area (Å²) in [5, 5.41) is 26.1. The summed E-state index contributed by atoms with van der Waals surface area (Å²) in [5.41, 5.74) is 0.816. The van der Waals surface area contributed by atoms with Gasteiger partial charge in [-0.25, -0.2) is 15.3 Å². The van der Waals surface area contributed by atoms with Crippen LogP contribution < -0.4 is 31.2 Å². The first-order chi connectivity index (χ1) is 22.4. The number of carbonyl (C=O) groups is 7. The molecule has 0 saturated carbocycles. The lowest BCUT2D eigenvalue weighted by Gasteiger charge is -2.23. The molecule has 0 aliphatic carbocycles. The molecule has 2 atom stereocenters. The predicted octanol–water partition coefficient (Wildman–Crippen LogP) is -1.85. The molecule has 0 aromatic heterocycles. The second kappa shape index (κ2) is 18.0. The fraction of sp³-hybridized carbons (Fsp3) is 0.414. The van der Waals surface area contributed by atoms with Crippen molar-refractivity contribution < 1.29 is 43.2 Å². The Kier molecular flexibility index (Phi) is 14.1.